The summed E-state index contributed by atoms with van der Waals surface area (Å²) in [7, 11) is 0. The Morgan fingerprint density at radius 1 is 1.24 bits per heavy atom. The summed E-state index contributed by atoms with van der Waals surface area (Å²) in [6.07, 6.45) is 10.1. The summed E-state index contributed by atoms with van der Waals surface area (Å²) in [5.74, 6) is 0.805. The number of nitrogens with zero attached hydrogens (tertiary/aromatic N) is 1. The Hall–Kier alpha value is -0.610. The van der Waals surface area contributed by atoms with Crippen molar-refractivity contribution in [3.05, 3.63) is 11.6 Å². The first-order valence-corrected chi connectivity index (χ1v) is 7.71. The van der Waals surface area contributed by atoms with E-state index in [0.29, 0.717) is 6.04 Å². The Morgan fingerprint density at radius 3 is 3.00 bits per heavy atom. The number of thiazole rings is 1. The van der Waals surface area contributed by atoms with E-state index in [0.717, 1.165) is 17.1 Å². The van der Waals surface area contributed by atoms with E-state index in [-0.39, 0.29) is 0 Å². The number of anilines is 1. The first kappa shape index (κ1) is 11.5. The van der Waals surface area contributed by atoms with Crippen molar-refractivity contribution in [1.82, 2.24) is 10.3 Å². The van der Waals surface area contributed by atoms with Gasteiger partial charge in [0.25, 0.3) is 0 Å². The molecule has 1 aliphatic carbocycles. The molecule has 1 aromatic rings. The van der Waals surface area contributed by atoms with E-state index in [4.69, 9.17) is 0 Å². The van der Waals surface area contributed by atoms with Crippen LogP contribution in [0.15, 0.2) is 11.6 Å². The zero-order chi connectivity index (χ0) is 11.5. The maximum Gasteiger partial charge on any atom is 0.182 e. The lowest BCUT2D eigenvalue weighted by Gasteiger charge is -2.32. The van der Waals surface area contributed by atoms with Gasteiger partial charge >= 0.3 is 0 Å². The number of aromatic nitrogens is 1. The van der Waals surface area contributed by atoms with Gasteiger partial charge in [-0.3, -0.25) is 0 Å². The Labute approximate surface area is 107 Å². The normalized spacial score (nSPS) is 33.8. The fourth-order valence-corrected chi connectivity index (χ4v) is 3.94. The molecule has 3 unspecified atom stereocenters. The van der Waals surface area contributed by atoms with Gasteiger partial charge in [-0.15, -0.1) is 11.3 Å². The molecule has 0 bridgehead atoms. The van der Waals surface area contributed by atoms with Crippen LogP contribution in [0, 0.1) is 5.92 Å². The molecule has 1 saturated carbocycles. The van der Waals surface area contributed by atoms with E-state index in [1.807, 2.05) is 11.6 Å². The minimum Gasteiger partial charge on any atom is -0.358 e. The third kappa shape index (κ3) is 2.63. The molecular formula is C13H21N3S. The minimum absolute atomic E-state index is 0.636. The van der Waals surface area contributed by atoms with Gasteiger partial charge < -0.3 is 10.6 Å². The molecule has 3 atom stereocenters. The fourth-order valence-electron chi connectivity index (χ4n) is 3.35. The van der Waals surface area contributed by atoms with Crippen LogP contribution >= 0.6 is 11.3 Å². The molecule has 4 heteroatoms. The summed E-state index contributed by atoms with van der Waals surface area (Å²) in [4.78, 5) is 4.35. The van der Waals surface area contributed by atoms with E-state index in [9.17, 15) is 0 Å². The number of piperidine rings is 1. The standard InChI is InChI=1S/C13H21N3S/c1-2-7-14-11(5-1)10-4-3-6-12(10)16-13-15-8-9-17-13/h8-12,14H,1-7H2,(H,15,16). The van der Waals surface area contributed by atoms with Gasteiger partial charge in [-0.25, -0.2) is 4.98 Å². The molecule has 3 rings (SSSR count). The summed E-state index contributed by atoms with van der Waals surface area (Å²) >= 11 is 1.72. The lowest BCUT2D eigenvalue weighted by Crippen LogP contribution is -2.44. The van der Waals surface area contributed by atoms with Crippen LogP contribution in [0.3, 0.4) is 0 Å². The average Bonchev–Trinajstić information content (AvgIpc) is 3.02. The van der Waals surface area contributed by atoms with Gasteiger partial charge in [0.2, 0.25) is 0 Å². The van der Waals surface area contributed by atoms with Gasteiger partial charge in [0.05, 0.1) is 0 Å². The van der Waals surface area contributed by atoms with E-state index >= 15 is 0 Å². The second-order valence-corrected chi connectivity index (χ2v) is 6.13. The first-order valence-electron chi connectivity index (χ1n) is 6.83. The summed E-state index contributed by atoms with van der Waals surface area (Å²) in [6.45, 7) is 1.21. The average molecular weight is 251 g/mol. The van der Waals surface area contributed by atoms with E-state index < -0.39 is 0 Å². The fraction of sp³-hybridized carbons (Fsp3) is 0.769. The highest BCUT2D eigenvalue weighted by Gasteiger charge is 2.34. The first-order chi connectivity index (χ1) is 8.43. The monoisotopic (exact) mass is 251 g/mol. The van der Waals surface area contributed by atoms with Crippen molar-refractivity contribution in [1.29, 1.82) is 0 Å². The Balaban J connectivity index is 1.62. The minimum atomic E-state index is 0.636. The van der Waals surface area contributed by atoms with Crippen molar-refractivity contribution in [2.45, 2.75) is 50.6 Å². The van der Waals surface area contributed by atoms with Gasteiger partial charge in [0.1, 0.15) is 0 Å². The van der Waals surface area contributed by atoms with Gasteiger partial charge in [-0.2, -0.15) is 0 Å². The third-order valence-electron chi connectivity index (χ3n) is 4.18. The Bertz CT molecular complexity index is 332. The van der Waals surface area contributed by atoms with Crippen molar-refractivity contribution < 1.29 is 0 Å². The van der Waals surface area contributed by atoms with Crippen LogP contribution in [-0.4, -0.2) is 23.6 Å². The molecule has 3 nitrogen and oxygen atoms in total. The van der Waals surface area contributed by atoms with Crippen molar-refractivity contribution in [3.8, 4) is 0 Å². The highest BCUT2D eigenvalue weighted by molar-refractivity contribution is 7.13. The third-order valence-corrected chi connectivity index (χ3v) is 4.88. The van der Waals surface area contributed by atoms with Gasteiger partial charge in [-0.1, -0.05) is 12.8 Å². The predicted octanol–water partition coefficient (Wildman–Crippen LogP) is 2.87. The second kappa shape index (κ2) is 5.36. The van der Waals surface area contributed by atoms with Crippen LogP contribution in [0.1, 0.15) is 38.5 Å². The molecule has 2 fully saturated rings. The molecule has 0 amide bonds. The van der Waals surface area contributed by atoms with Crippen LogP contribution in [0.4, 0.5) is 5.13 Å². The molecule has 2 heterocycles. The largest absolute Gasteiger partial charge is 0.358 e. The van der Waals surface area contributed by atoms with Crippen LogP contribution in [0.25, 0.3) is 0 Å². The van der Waals surface area contributed by atoms with Crippen molar-refractivity contribution in [3.63, 3.8) is 0 Å². The van der Waals surface area contributed by atoms with Crippen molar-refractivity contribution in [2.24, 2.45) is 5.92 Å². The van der Waals surface area contributed by atoms with Crippen molar-refractivity contribution in [2.75, 3.05) is 11.9 Å². The molecule has 17 heavy (non-hydrogen) atoms. The van der Waals surface area contributed by atoms with E-state index in [2.05, 4.69) is 15.6 Å². The Morgan fingerprint density at radius 2 is 2.24 bits per heavy atom. The number of hydrogen-bond donors (Lipinski definition) is 2. The predicted molar refractivity (Wildman–Crippen MR) is 72.5 cm³/mol. The molecule has 1 aliphatic heterocycles. The Kier molecular flexibility index (Phi) is 3.62. The maximum atomic E-state index is 4.35. The van der Waals surface area contributed by atoms with Crippen molar-refractivity contribution >= 4 is 16.5 Å². The van der Waals surface area contributed by atoms with Crippen LogP contribution in [0.5, 0.6) is 0 Å². The van der Waals surface area contributed by atoms with E-state index in [1.165, 1.54) is 45.1 Å². The number of rotatable bonds is 3. The smallest absolute Gasteiger partial charge is 0.182 e. The quantitative estimate of drug-likeness (QED) is 0.867. The number of nitrogens with one attached hydrogen (secondary N) is 2. The molecular weight excluding hydrogens is 230 g/mol. The van der Waals surface area contributed by atoms with E-state index in [1.54, 1.807) is 11.3 Å². The van der Waals surface area contributed by atoms with Crippen LogP contribution in [-0.2, 0) is 0 Å². The molecule has 0 aromatic carbocycles. The maximum absolute atomic E-state index is 4.35. The molecule has 1 aromatic heterocycles. The van der Waals surface area contributed by atoms with Gasteiger partial charge in [0.15, 0.2) is 5.13 Å². The molecule has 2 N–H and O–H groups in total. The number of hydrogen-bond acceptors (Lipinski definition) is 4. The lowest BCUT2D eigenvalue weighted by atomic mass is 9.88. The summed E-state index contributed by atoms with van der Waals surface area (Å²) < 4.78 is 0. The highest BCUT2D eigenvalue weighted by Crippen LogP contribution is 2.33. The molecule has 2 aliphatic rings. The second-order valence-electron chi connectivity index (χ2n) is 5.24. The van der Waals surface area contributed by atoms with Crippen LogP contribution < -0.4 is 10.6 Å². The molecule has 94 valence electrons. The van der Waals surface area contributed by atoms with Gasteiger partial charge in [0, 0.05) is 23.7 Å². The summed E-state index contributed by atoms with van der Waals surface area (Å²) in [6, 6.07) is 1.38. The molecule has 0 spiro atoms. The molecule has 0 radical (unpaired) electrons. The lowest BCUT2D eigenvalue weighted by molar-refractivity contribution is 0.286. The SMILES string of the molecule is c1csc(NC2CCCC2C2CCCCN2)n1. The van der Waals surface area contributed by atoms with Crippen LogP contribution in [0.2, 0.25) is 0 Å². The topological polar surface area (TPSA) is 37.0 Å². The molecule has 1 saturated heterocycles. The highest BCUT2D eigenvalue weighted by atomic mass is 32.1. The zero-order valence-electron chi connectivity index (χ0n) is 10.2. The zero-order valence-corrected chi connectivity index (χ0v) is 11.0. The summed E-state index contributed by atoms with van der Waals surface area (Å²) in [5, 5.41) is 10.5. The summed E-state index contributed by atoms with van der Waals surface area (Å²) in [5.41, 5.74) is 0. The van der Waals surface area contributed by atoms with Gasteiger partial charge in [-0.05, 0) is 38.1 Å².